The molecule has 0 N–H and O–H groups in total. The zero-order chi connectivity index (χ0) is 20.5. The average Bonchev–Trinajstić information content (AvgIpc) is 3.09. The second-order valence-corrected chi connectivity index (χ2v) is 11.2. The summed E-state index contributed by atoms with van der Waals surface area (Å²) in [7, 11) is 1.02. The first-order valence-corrected chi connectivity index (χ1v) is 12.3. The van der Waals surface area contributed by atoms with Crippen LogP contribution in [-0.4, -0.2) is 63.9 Å². The van der Waals surface area contributed by atoms with Crippen molar-refractivity contribution in [2.45, 2.75) is 57.7 Å². The summed E-state index contributed by atoms with van der Waals surface area (Å²) in [6.07, 6.45) is 3.21. The van der Waals surface area contributed by atoms with E-state index in [4.69, 9.17) is 0 Å². The molecule has 3 rings (SSSR count). The summed E-state index contributed by atoms with van der Waals surface area (Å²) in [5.41, 5.74) is 3.29. The summed E-state index contributed by atoms with van der Waals surface area (Å²) >= 11 is 0. The fraction of sp³-hybridized carbons (Fsp3) is 0.727. The lowest BCUT2D eigenvalue weighted by Crippen LogP contribution is -2.42. The van der Waals surface area contributed by atoms with Gasteiger partial charge in [0.05, 0.1) is 5.75 Å². The Balaban J connectivity index is 1.85. The van der Waals surface area contributed by atoms with Gasteiger partial charge in [0.25, 0.3) is 0 Å². The van der Waals surface area contributed by atoms with Crippen molar-refractivity contribution in [2.24, 2.45) is 5.92 Å². The summed E-state index contributed by atoms with van der Waals surface area (Å²) < 4.78 is 27.9. The molecule has 0 spiro atoms. The monoisotopic (exact) mass is 407 g/mol. The normalized spacial score (nSPS) is 22.5. The van der Waals surface area contributed by atoms with Crippen molar-refractivity contribution in [3.63, 3.8) is 0 Å². The summed E-state index contributed by atoms with van der Waals surface area (Å²) in [5.74, 6) is 0.964. The Labute approximate surface area is 171 Å². The number of anilines is 1. The first-order chi connectivity index (χ1) is 13.2. The lowest BCUT2D eigenvalue weighted by Gasteiger charge is -2.37. The molecule has 5 nitrogen and oxygen atoms in total. The second-order valence-electron chi connectivity index (χ2n) is 9.23. The number of hydrogen-bond acceptors (Lipinski definition) is 4. The maximum Gasteiger partial charge on any atom is 0.218 e. The first kappa shape index (κ1) is 21.6. The molecule has 0 radical (unpaired) electrons. The van der Waals surface area contributed by atoms with Crippen LogP contribution in [0.3, 0.4) is 0 Å². The molecule has 1 aromatic carbocycles. The van der Waals surface area contributed by atoms with Crippen LogP contribution in [0.25, 0.3) is 0 Å². The van der Waals surface area contributed by atoms with Crippen molar-refractivity contribution in [2.75, 3.05) is 45.2 Å². The van der Waals surface area contributed by atoms with Gasteiger partial charge >= 0.3 is 0 Å². The van der Waals surface area contributed by atoms with Gasteiger partial charge in [0, 0.05) is 37.9 Å². The van der Waals surface area contributed by atoms with Crippen molar-refractivity contribution in [3.8, 4) is 0 Å². The average molecular weight is 408 g/mol. The third-order valence-electron chi connectivity index (χ3n) is 6.42. The summed E-state index contributed by atoms with van der Waals surface area (Å²) in [6.45, 7) is 9.76. The minimum atomic E-state index is -3.28. The molecule has 0 bridgehead atoms. The molecule has 2 aliphatic rings. The van der Waals surface area contributed by atoms with Crippen LogP contribution in [0.4, 0.5) is 5.69 Å². The summed E-state index contributed by atoms with van der Waals surface area (Å²) in [6, 6.07) is 7.08. The Morgan fingerprint density at radius 1 is 1.11 bits per heavy atom. The minimum absolute atomic E-state index is 0.114. The van der Waals surface area contributed by atoms with E-state index in [2.05, 4.69) is 62.9 Å². The van der Waals surface area contributed by atoms with Crippen LogP contribution in [0.1, 0.15) is 57.1 Å². The highest BCUT2D eigenvalue weighted by atomic mass is 32.2. The molecule has 2 saturated heterocycles. The van der Waals surface area contributed by atoms with Gasteiger partial charge in [-0.1, -0.05) is 32.9 Å². The molecule has 2 fully saturated rings. The number of sulfonamides is 1. The Bertz CT molecular complexity index is 768. The van der Waals surface area contributed by atoms with Gasteiger partial charge in [0.15, 0.2) is 0 Å². The maximum atomic E-state index is 13.1. The molecule has 1 atom stereocenters. The zero-order valence-electron chi connectivity index (χ0n) is 18.2. The molecule has 2 aliphatic heterocycles. The number of piperidine rings is 1. The Morgan fingerprint density at radius 2 is 1.79 bits per heavy atom. The van der Waals surface area contributed by atoms with E-state index in [1.807, 2.05) is 0 Å². The molecule has 1 unspecified atom stereocenters. The molecule has 0 saturated carbocycles. The van der Waals surface area contributed by atoms with Gasteiger partial charge < -0.3 is 9.80 Å². The van der Waals surface area contributed by atoms with Crippen LogP contribution in [0.5, 0.6) is 0 Å². The van der Waals surface area contributed by atoms with Crippen LogP contribution in [0, 0.1) is 5.92 Å². The van der Waals surface area contributed by atoms with Crippen molar-refractivity contribution >= 4 is 15.7 Å². The maximum absolute atomic E-state index is 13.1. The van der Waals surface area contributed by atoms with E-state index >= 15 is 0 Å². The molecule has 0 aromatic heterocycles. The number of benzene rings is 1. The van der Waals surface area contributed by atoms with Crippen LogP contribution >= 0.6 is 0 Å². The van der Waals surface area contributed by atoms with E-state index in [-0.39, 0.29) is 5.75 Å². The quantitative estimate of drug-likeness (QED) is 0.724. The van der Waals surface area contributed by atoms with Crippen LogP contribution in [-0.2, 0) is 15.8 Å². The molecule has 28 heavy (non-hydrogen) atoms. The van der Waals surface area contributed by atoms with Gasteiger partial charge in [0.1, 0.15) is 0 Å². The predicted molar refractivity (Wildman–Crippen MR) is 117 cm³/mol. The minimum Gasteiger partial charge on any atom is -0.371 e. The first-order valence-electron chi connectivity index (χ1n) is 10.7. The Kier molecular flexibility index (Phi) is 6.72. The van der Waals surface area contributed by atoms with Crippen molar-refractivity contribution in [3.05, 3.63) is 29.3 Å². The zero-order valence-corrected chi connectivity index (χ0v) is 19.0. The van der Waals surface area contributed by atoms with E-state index in [0.717, 1.165) is 43.6 Å². The van der Waals surface area contributed by atoms with Crippen molar-refractivity contribution < 1.29 is 8.42 Å². The molecule has 1 aromatic rings. The molecule has 0 amide bonds. The highest BCUT2D eigenvalue weighted by molar-refractivity contribution is 7.88. The van der Waals surface area contributed by atoms with E-state index in [0.29, 0.717) is 31.0 Å². The van der Waals surface area contributed by atoms with E-state index in [1.54, 1.807) is 4.31 Å². The van der Waals surface area contributed by atoms with Gasteiger partial charge in [-0.3, -0.25) is 0 Å². The van der Waals surface area contributed by atoms with Gasteiger partial charge in [-0.25, -0.2) is 12.7 Å². The fourth-order valence-electron chi connectivity index (χ4n) is 4.45. The van der Waals surface area contributed by atoms with E-state index in [9.17, 15) is 8.42 Å². The highest BCUT2D eigenvalue weighted by Crippen LogP contribution is 2.31. The summed E-state index contributed by atoms with van der Waals surface area (Å²) in [4.78, 5) is 4.70. The molecule has 2 heterocycles. The van der Waals surface area contributed by atoms with Gasteiger partial charge in [0.2, 0.25) is 10.0 Å². The summed E-state index contributed by atoms with van der Waals surface area (Å²) in [5, 5.41) is 0. The Hall–Kier alpha value is -1.11. The van der Waals surface area contributed by atoms with Crippen LogP contribution in [0.15, 0.2) is 18.2 Å². The second kappa shape index (κ2) is 8.72. The lowest BCUT2D eigenvalue weighted by atomic mass is 9.98. The highest BCUT2D eigenvalue weighted by Gasteiger charge is 2.31. The fourth-order valence-corrected chi connectivity index (χ4v) is 6.12. The lowest BCUT2D eigenvalue weighted by molar-refractivity contribution is 0.249. The molecular weight excluding hydrogens is 370 g/mol. The van der Waals surface area contributed by atoms with Gasteiger partial charge in [-0.05, 0) is 62.4 Å². The number of hydrogen-bond donors (Lipinski definition) is 0. The topological polar surface area (TPSA) is 43.9 Å². The van der Waals surface area contributed by atoms with Crippen molar-refractivity contribution in [1.29, 1.82) is 0 Å². The van der Waals surface area contributed by atoms with E-state index in [1.165, 1.54) is 5.56 Å². The third-order valence-corrected chi connectivity index (χ3v) is 8.22. The SMILES string of the molecule is CC1CCN(S(=O)(=O)Cc2cc(C(C)C)ccc2N2CCC(N(C)C)CC2)C1. The van der Waals surface area contributed by atoms with Crippen molar-refractivity contribution in [1.82, 2.24) is 9.21 Å². The standard InChI is InChI=1S/C22H37N3O2S/c1-17(2)19-6-7-22(24-11-9-21(10-12-24)23(4)5)20(14-19)16-28(26,27)25-13-8-18(3)15-25/h6-7,14,17-18,21H,8-13,15-16H2,1-5H3. The number of rotatable bonds is 6. The van der Waals surface area contributed by atoms with Gasteiger partial charge in [-0.15, -0.1) is 0 Å². The number of nitrogens with zero attached hydrogens (tertiary/aromatic N) is 3. The third kappa shape index (κ3) is 4.89. The molecular formula is C22H37N3O2S. The van der Waals surface area contributed by atoms with E-state index < -0.39 is 10.0 Å². The Morgan fingerprint density at radius 3 is 2.32 bits per heavy atom. The molecule has 158 valence electrons. The predicted octanol–water partition coefficient (Wildman–Crippen LogP) is 3.51. The van der Waals surface area contributed by atoms with Gasteiger partial charge in [-0.2, -0.15) is 0 Å². The molecule has 0 aliphatic carbocycles. The van der Waals surface area contributed by atoms with Crippen LogP contribution < -0.4 is 4.90 Å². The smallest absolute Gasteiger partial charge is 0.218 e. The largest absolute Gasteiger partial charge is 0.371 e. The van der Waals surface area contributed by atoms with Crippen LogP contribution in [0.2, 0.25) is 0 Å². The molecule has 6 heteroatoms.